The van der Waals surface area contributed by atoms with Crippen LogP contribution in [0.4, 0.5) is 11.5 Å². The van der Waals surface area contributed by atoms with Gasteiger partial charge in [0.25, 0.3) is 0 Å². The van der Waals surface area contributed by atoms with E-state index < -0.39 is 0 Å². The van der Waals surface area contributed by atoms with Crippen LogP contribution in [0.25, 0.3) is 21.8 Å². The number of hydrogen-bond acceptors (Lipinski definition) is 5. The molecule has 6 nitrogen and oxygen atoms in total. The molecular weight excluding hydrogens is 316 g/mol. The Morgan fingerprint density at radius 2 is 1.80 bits per heavy atom. The van der Waals surface area contributed by atoms with Crippen molar-refractivity contribution in [2.45, 2.75) is 6.92 Å². The molecule has 0 fully saturated rings. The first-order chi connectivity index (χ1) is 12.2. The largest absolute Gasteiger partial charge is 0.493 e. The van der Waals surface area contributed by atoms with Gasteiger partial charge in [-0.2, -0.15) is 5.10 Å². The van der Waals surface area contributed by atoms with Gasteiger partial charge in [-0.05, 0) is 31.2 Å². The van der Waals surface area contributed by atoms with Crippen molar-refractivity contribution >= 4 is 33.3 Å². The first kappa shape index (κ1) is 15.3. The quantitative estimate of drug-likeness (QED) is 0.586. The summed E-state index contributed by atoms with van der Waals surface area (Å²) in [4.78, 5) is 4.76. The fourth-order valence-electron chi connectivity index (χ4n) is 2.95. The number of H-pyrrole nitrogens is 1. The molecular formula is C19H18N4O2. The van der Waals surface area contributed by atoms with Crippen molar-refractivity contribution in [1.82, 2.24) is 15.2 Å². The molecule has 4 aromatic rings. The summed E-state index contributed by atoms with van der Waals surface area (Å²) >= 11 is 0. The average Bonchev–Trinajstić information content (AvgIpc) is 3.12. The summed E-state index contributed by atoms with van der Waals surface area (Å²) in [6, 6.07) is 11.9. The minimum Gasteiger partial charge on any atom is -0.493 e. The van der Waals surface area contributed by atoms with Crippen LogP contribution < -0.4 is 14.8 Å². The number of rotatable bonds is 4. The molecule has 0 atom stereocenters. The third-order valence-electron chi connectivity index (χ3n) is 4.20. The highest BCUT2D eigenvalue weighted by atomic mass is 16.5. The van der Waals surface area contributed by atoms with Crippen molar-refractivity contribution < 1.29 is 9.47 Å². The number of ether oxygens (including phenoxy) is 2. The van der Waals surface area contributed by atoms with E-state index in [1.807, 2.05) is 30.5 Å². The van der Waals surface area contributed by atoms with Crippen LogP contribution in [0.5, 0.6) is 11.5 Å². The van der Waals surface area contributed by atoms with E-state index in [2.05, 4.69) is 34.6 Å². The summed E-state index contributed by atoms with van der Waals surface area (Å²) < 4.78 is 10.6. The fraction of sp³-hybridized carbons (Fsp3) is 0.158. The molecule has 25 heavy (non-hydrogen) atoms. The number of methoxy groups -OCH3 is 2. The molecule has 0 bridgehead atoms. The Hall–Kier alpha value is -3.28. The summed E-state index contributed by atoms with van der Waals surface area (Å²) in [5.74, 6) is 2.06. The molecule has 0 radical (unpaired) electrons. The van der Waals surface area contributed by atoms with E-state index in [-0.39, 0.29) is 0 Å². The second-order valence-corrected chi connectivity index (χ2v) is 5.83. The van der Waals surface area contributed by atoms with E-state index in [9.17, 15) is 0 Å². The zero-order chi connectivity index (χ0) is 17.4. The number of benzene rings is 2. The lowest BCUT2D eigenvalue weighted by atomic mass is 10.1. The highest BCUT2D eigenvalue weighted by Crippen LogP contribution is 2.33. The molecule has 2 N–H and O–H groups in total. The van der Waals surface area contributed by atoms with Gasteiger partial charge < -0.3 is 14.8 Å². The Balaban J connectivity index is 1.83. The third kappa shape index (κ3) is 2.61. The lowest BCUT2D eigenvalue weighted by molar-refractivity contribution is 0.355. The van der Waals surface area contributed by atoms with Gasteiger partial charge in [-0.15, -0.1) is 0 Å². The summed E-state index contributed by atoms with van der Waals surface area (Å²) in [7, 11) is 3.23. The number of nitrogens with one attached hydrogen (secondary N) is 2. The van der Waals surface area contributed by atoms with Crippen LogP contribution in [0.3, 0.4) is 0 Å². The number of pyridine rings is 1. The molecule has 0 spiro atoms. The molecule has 0 saturated carbocycles. The average molecular weight is 334 g/mol. The van der Waals surface area contributed by atoms with Crippen LogP contribution in [0.15, 0.2) is 42.6 Å². The second-order valence-electron chi connectivity index (χ2n) is 5.83. The van der Waals surface area contributed by atoms with Crippen molar-refractivity contribution in [3.05, 3.63) is 48.2 Å². The molecule has 2 aromatic heterocycles. The molecule has 0 aliphatic carbocycles. The Kier molecular flexibility index (Phi) is 3.65. The summed E-state index contributed by atoms with van der Waals surface area (Å²) in [5, 5.41) is 12.7. The molecule has 6 heteroatoms. The summed E-state index contributed by atoms with van der Waals surface area (Å²) in [5.41, 5.74) is 3.83. The van der Waals surface area contributed by atoms with Crippen LogP contribution in [-0.2, 0) is 0 Å². The van der Waals surface area contributed by atoms with Gasteiger partial charge in [-0.25, -0.2) is 4.98 Å². The Morgan fingerprint density at radius 3 is 2.60 bits per heavy atom. The lowest BCUT2D eigenvalue weighted by Gasteiger charge is -2.12. The highest BCUT2D eigenvalue weighted by Gasteiger charge is 2.12. The van der Waals surface area contributed by atoms with Crippen molar-refractivity contribution in [2.75, 3.05) is 19.5 Å². The smallest absolute Gasteiger partial charge is 0.162 e. The van der Waals surface area contributed by atoms with Crippen molar-refractivity contribution in [1.29, 1.82) is 0 Å². The standard InChI is InChI=1S/C19H18N4O2/c1-11-4-6-15-13(8-11)14-10-20-23-18(14)19(22-15)21-12-5-7-16(24-2)17(9-12)25-3/h4-10H,1-3H3,(H,20,23)(H,21,22). The third-order valence-corrected chi connectivity index (χ3v) is 4.20. The number of aromatic amines is 1. The maximum Gasteiger partial charge on any atom is 0.162 e. The molecule has 2 heterocycles. The highest BCUT2D eigenvalue weighted by molar-refractivity contribution is 6.08. The van der Waals surface area contributed by atoms with Crippen LogP contribution in [0.1, 0.15) is 5.56 Å². The first-order valence-corrected chi connectivity index (χ1v) is 7.92. The lowest BCUT2D eigenvalue weighted by Crippen LogP contribution is -1.97. The van der Waals surface area contributed by atoms with Crippen LogP contribution in [0.2, 0.25) is 0 Å². The number of nitrogens with zero attached hydrogens (tertiary/aromatic N) is 2. The summed E-state index contributed by atoms with van der Waals surface area (Å²) in [6.45, 7) is 2.07. The zero-order valence-corrected chi connectivity index (χ0v) is 14.3. The van der Waals surface area contributed by atoms with Gasteiger partial charge in [-0.3, -0.25) is 5.10 Å². The van der Waals surface area contributed by atoms with Crippen molar-refractivity contribution in [2.24, 2.45) is 0 Å². The van der Waals surface area contributed by atoms with Crippen molar-refractivity contribution in [3.8, 4) is 11.5 Å². The van der Waals surface area contributed by atoms with Crippen LogP contribution >= 0.6 is 0 Å². The zero-order valence-electron chi connectivity index (χ0n) is 14.3. The molecule has 0 unspecified atom stereocenters. The van der Waals surface area contributed by atoms with Crippen LogP contribution in [-0.4, -0.2) is 29.4 Å². The Morgan fingerprint density at radius 1 is 0.960 bits per heavy atom. The van der Waals surface area contributed by atoms with E-state index in [1.54, 1.807) is 14.2 Å². The van der Waals surface area contributed by atoms with Gasteiger partial charge in [-0.1, -0.05) is 11.6 Å². The molecule has 0 aliphatic heterocycles. The predicted molar refractivity (Wildman–Crippen MR) is 99.0 cm³/mol. The van der Waals surface area contributed by atoms with Gasteiger partial charge in [0.2, 0.25) is 0 Å². The molecule has 2 aromatic carbocycles. The minimum absolute atomic E-state index is 0.657. The van der Waals surface area contributed by atoms with E-state index in [4.69, 9.17) is 14.5 Å². The number of aryl methyl sites for hydroxylation is 1. The topological polar surface area (TPSA) is 72.1 Å². The maximum absolute atomic E-state index is 5.36. The fourth-order valence-corrected chi connectivity index (χ4v) is 2.95. The number of hydrogen-bond donors (Lipinski definition) is 2. The molecule has 4 rings (SSSR count). The van der Waals surface area contributed by atoms with Gasteiger partial charge in [0.15, 0.2) is 17.3 Å². The first-order valence-electron chi connectivity index (χ1n) is 7.92. The number of fused-ring (bicyclic) bond motifs is 3. The Bertz CT molecular complexity index is 1070. The minimum atomic E-state index is 0.657. The van der Waals surface area contributed by atoms with E-state index in [0.29, 0.717) is 11.5 Å². The van der Waals surface area contributed by atoms with Gasteiger partial charge >= 0.3 is 0 Å². The van der Waals surface area contributed by atoms with E-state index >= 15 is 0 Å². The van der Waals surface area contributed by atoms with Crippen LogP contribution in [0, 0.1) is 6.92 Å². The maximum atomic E-state index is 5.36. The molecule has 126 valence electrons. The molecule has 0 amide bonds. The number of anilines is 2. The second kappa shape index (κ2) is 5.98. The van der Waals surface area contributed by atoms with E-state index in [1.165, 1.54) is 5.56 Å². The predicted octanol–water partition coefficient (Wildman–Crippen LogP) is 4.18. The van der Waals surface area contributed by atoms with Gasteiger partial charge in [0, 0.05) is 22.5 Å². The normalized spacial score (nSPS) is 11.0. The molecule has 0 saturated heterocycles. The van der Waals surface area contributed by atoms with Gasteiger partial charge in [0.1, 0.15) is 5.52 Å². The molecule has 0 aliphatic rings. The SMILES string of the molecule is COc1ccc(Nc2nc3ccc(C)cc3c3cn[nH]c23)cc1OC. The van der Waals surface area contributed by atoms with Gasteiger partial charge in [0.05, 0.1) is 25.9 Å². The Labute approximate surface area is 144 Å². The van der Waals surface area contributed by atoms with E-state index in [0.717, 1.165) is 33.3 Å². The summed E-state index contributed by atoms with van der Waals surface area (Å²) in [6.07, 6.45) is 1.83. The number of aromatic nitrogens is 3. The monoisotopic (exact) mass is 334 g/mol. The van der Waals surface area contributed by atoms with Crippen molar-refractivity contribution in [3.63, 3.8) is 0 Å².